The van der Waals surface area contributed by atoms with E-state index in [1.54, 1.807) is 18.5 Å². The molecule has 0 radical (unpaired) electrons. The van der Waals surface area contributed by atoms with Gasteiger partial charge in [-0.25, -0.2) is 0 Å². The zero-order valence-electron chi connectivity index (χ0n) is 10.0. The number of hydrogen-bond donors (Lipinski definition) is 2. The minimum Gasteiger partial charge on any atom is -0.338 e. The van der Waals surface area contributed by atoms with Gasteiger partial charge in [0.2, 0.25) is 0 Å². The van der Waals surface area contributed by atoms with Crippen molar-refractivity contribution in [3.63, 3.8) is 0 Å². The molecule has 5 heteroatoms. The van der Waals surface area contributed by atoms with Gasteiger partial charge in [-0.1, -0.05) is 6.92 Å². The molecule has 0 saturated carbocycles. The van der Waals surface area contributed by atoms with Gasteiger partial charge in [-0.2, -0.15) is 0 Å². The van der Waals surface area contributed by atoms with E-state index in [4.69, 9.17) is 5.84 Å². The van der Waals surface area contributed by atoms with Gasteiger partial charge in [0.05, 0.1) is 17.4 Å². The highest BCUT2D eigenvalue weighted by Crippen LogP contribution is 2.20. The molecule has 1 aliphatic heterocycles. The summed E-state index contributed by atoms with van der Waals surface area (Å²) in [6.45, 7) is 3.83. The number of pyridine rings is 1. The van der Waals surface area contributed by atoms with E-state index in [2.05, 4.69) is 17.3 Å². The Morgan fingerprint density at radius 1 is 1.65 bits per heavy atom. The predicted octanol–water partition coefficient (Wildman–Crippen LogP) is 1.24. The van der Waals surface area contributed by atoms with Crippen LogP contribution in [0.3, 0.4) is 0 Å². The van der Waals surface area contributed by atoms with Crippen LogP contribution in [0, 0.1) is 5.92 Å². The van der Waals surface area contributed by atoms with Crippen LogP contribution in [0.2, 0.25) is 0 Å². The normalized spacial score (nSPS) is 20.1. The van der Waals surface area contributed by atoms with Crippen molar-refractivity contribution < 1.29 is 4.79 Å². The Balaban J connectivity index is 2.18. The number of nitrogens with zero attached hydrogens (tertiary/aromatic N) is 2. The smallest absolute Gasteiger partial charge is 0.256 e. The SMILES string of the molecule is CC1CCCN(C(=O)c2ccncc2NN)C1. The van der Waals surface area contributed by atoms with Crippen molar-refractivity contribution >= 4 is 11.6 Å². The maximum absolute atomic E-state index is 12.3. The standard InChI is InChI=1S/C12H18N4O/c1-9-3-2-6-16(8-9)12(17)10-4-5-14-7-11(10)15-13/h4-5,7,9,15H,2-3,6,8,13H2,1H3. The largest absolute Gasteiger partial charge is 0.338 e. The third-order valence-electron chi connectivity index (χ3n) is 3.15. The molecule has 2 heterocycles. The van der Waals surface area contributed by atoms with Gasteiger partial charge in [-0.05, 0) is 24.8 Å². The zero-order chi connectivity index (χ0) is 12.3. The van der Waals surface area contributed by atoms with Crippen LogP contribution in [0.4, 0.5) is 5.69 Å². The third kappa shape index (κ3) is 2.55. The summed E-state index contributed by atoms with van der Waals surface area (Å²) in [5.74, 6) is 5.99. The zero-order valence-corrected chi connectivity index (χ0v) is 10.0. The quantitative estimate of drug-likeness (QED) is 0.596. The Hall–Kier alpha value is -1.62. The molecule has 1 saturated heterocycles. The van der Waals surface area contributed by atoms with Gasteiger partial charge >= 0.3 is 0 Å². The number of nitrogen functional groups attached to an aromatic ring is 1. The Labute approximate surface area is 101 Å². The van der Waals surface area contributed by atoms with Gasteiger partial charge in [-0.15, -0.1) is 0 Å². The van der Waals surface area contributed by atoms with Crippen LogP contribution in [0.5, 0.6) is 0 Å². The van der Waals surface area contributed by atoms with Crippen LogP contribution in [0.25, 0.3) is 0 Å². The van der Waals surface area contributed by atoms with Gasteiger partial charge in [-0.3, -0.25) is 15.6 Å². The predicted molar refractivity (Wildman–Crippen MR) is 66.3 cm³/mol. The van der Waals surface area contributed by atoms with E-state index in [1.165, 1.54) is 6.42 Å². The van der Waals surface area contributed by atoms with Crippen LogP contribution < -0.4 is 11.3 Å². The molecule has 0 aliphatic carbocycles. The molecule has 0 aromatic carbocycles. The fourth-order valence-corrected chi connectivity index (χ4v) is 2.24. The molecule has 1 aliphatic rings. The van der Waals surface area contributed by atoms with Gasteiger partial charge < -0.3 is 10.3 Å². The summed E-state index contributed by atoms with van der Waals surface area (Å²) in [5, 5.41) is 0. The molecule has 0 bridgehead atoms. The molecule has 0 spiro atoms. The summed E-state index contributed by atoms with van der Waals surface area (Å²) in [6.07, 6.45) is 5.45. The number of hydrazine groups is 1. The van der Waals surface area contributed by atoms with E-state index in [9.17, 15) is 4.79 Å². The van der Waals surface area contributed by atoms with Crippen LogP contribution >= 0.6 is 0 Å². The highest BCUT2D eigenvalue weighted by molar-refractivity contribution is 5.99. The van der Waals surface area contributed by atoms with Crippen LogP contribution in [-0.2, 0) is 0 Å². The highest BCUT2D eigenvalue weighted by atomic mass is 16.2. The molecule has 1 atom stereocenters. The second kappa shape index (κ2) is 5.14. The molecule has 1 amide bonds. The molecule has 2 rings (SSSR count). The van der Waals surface area contributed by atoms with Gasteiger partial charge in [0, 0.05) is 19.3 Å². The summed E-state index contributed by atoms with van der Waals surface area (Å²) in [4.78, 5) is 18.2. The molecular formula is C12H18N4O. The van der Waals surface area contributed by atoms with E-state index < -0.39 is 0 Å². The van der Waals surface area contributed by atoms with Crippen molar-refractivity contribution in [1.82, 2.24) is 9.88 Å². The summed E-state index contributed by atoms with van der Waals surface area (Å²) in [7, 11) is 0. The first-order chi connectivity index (χ1) is 8.22. The maximum Gasteiger partial charge on any atom is 0.256 e. The van der Waals surface area contributed by atoms with E-state index >= 15 is 0 Å². The van der Waals surface area contributed by atoms with Gasteiger partial charge in [0.1, 0.15) is 0 Å². The second-order valence-electron chi connectivity index (χ2n) is 4.56. The van der Waals surface area contributed by atoms with E-state index in [-0.39, 0.29) is 5.91 Å². The molecular weight excluding hydrogens is 216 g/mol. The average molecular weight is 234 g/mol. The molecule has 17 heavy (non-hydrogen) atoms. The van der Waals surface area contributed by atoms with Crippen LogP contribution in [0.15, 0.2) is 18.5 Å². The van der Waals surface area contributed by atoms with E-state index in [0.29, 0.717) is 17.2 Å². The van der Waals surface area contributed by atoms with Crippen molar-refractivity contribution in [1.29, 1.82) is 0 Å². The summed E-state index contributed by atoms with van der Waals surface area (Å²) >= 11 is 0. The van der Waals surface area contributed by atoms with E-state index in [0.717, 1.165) is 19.5 Å². The van der Waals surface area contributed by atoms with Crippen molar-refractivity contribution in [2.45, 2.75) is 19.8 Å². The lowest BCUT2D eigenvalue weighted by molar-refractivity contribution is 0.0684. The number of carbonyl (C=O) groups excluding carboxylic acids is 1. The maximum atomic E-state index is 12.3. The third-order valence-corrected chi connectivity index (χ3v) is 3.15. The topological polar surface area (TPSA) is 71.2 Å². The van der Waals surface area contributed by atoms with Gasteiger partial charge in [0.25, 0.3) is 5.91 Å². The number of anilines is 1. The molecule has 3 N–H and O–H groups in total. The van der Waals surface area contributed by atoms with Crippen molar-refractivity contribution in [3.8, 4) is 0 Å². The Bertz CT molecular complexity index is 407. The lowest BCUT2D eigenvalue weighted by Crippen LogP contribution is -2.39. The first-order valence-electron chi connectivity index (χ1n) is 5.92. The van der Waals surface area contributed by atoms with Crippen molar-refractivity contribution in [3.05, 3.63) is 24.0 Å². The van der Waals surface area contributed by atoms with Crippen LogP contribution in [0.1, 0.15) is 30.1 Å². The number of hydrogen-bond acceptors (Lipinski definition) is 4. The number of piperidine rings is 1. The van der Waals surface area contributed by atoms with Gasteiger partial charge in [0.15, 0.2) is 0 Å². The number of likely N-dealkylation sites (tertiary alicyclic amines) is 1. The Morgan fingerprint density at radius 3 is 3.18 bits per heavy atom. The fraction of sp³-hybridized carbons (Fsp3) is 0.500. The first kappa shape index (κ1) is 11.9. The van der Waals surface area contributed by atoms with Crippen LogP contribution in [-0.4, -0.2) is 28.9 Å². The summed E-state index contributed by atoms with van der Waals surface area (Å²) in [6, 6.07) is 1.71. The average Bonchev–Trinajstić information content (AvgIpc) is 2.38. The Morgan fingerprint density at radius 2 is 2.47 bits per heavy atom. The minimum atomic E-state index is 0.0342. The molecule has 92 valence electrons. The first-order valence-corrected chi connectivity index (χ1v) is 5.92. The number of amides is 1. The molecule has 1 fully saturated rings. The lowest BCUT2D eigenvalue weighted by Gasteiger charge is -2.31. The number of aromatic nitrogens is 1. The number of nitrogens with two attached hydrogens (primary N) is 1. The molecule has 1 aromatic heterocycles. The molecule has 1 unspecified atom stereocenters. The van der Waals surface area contributed by atoms with Crippen molar-refractivity contribution in [2.75, 3.05) is 18.5 Å². The second-order valence-corrected chi connectivity index (χ2v) is 4.56. The number of nitrogens with one attached hydrogen (secondary N) is 1. The number of rotatable bonds is 2. The number of carbonyl (C=O) groups is 1. The fourth-order valence-electron chi connectivity index (χ4n) is 2.24. The highest BCUT2D eigenvalue weighted by Gasteiger charge is 2.23. The molecule has 1 aromatic rings. The lowest BCUT2D eigenvalue weighted by atomic mass is 9.99. The van der Waals surface area contributed by atoms with E-state index in [1.807, 2.05) is 4.90 Å². The summed E-state index contributed by atoms with van der Waals surface area (Å²) in [5.41, 5.74) is 3.69. The summed E-state index contributed by atoms with van der Waals surface area (Å²) < 4.78 is 0. The Kier molecular flexibility index (Phi) is 3.58. The van der Waals surface area contributed by atoms with Crippen molar-refractivity contribution in [2.24, 2.45) is 11.8 Å². The molecule has 5 nitrogen and oxygen atoms in total. The monoisotopic (exact) mass is 234 g/mol. The minimum absolute atomic E-state index is 0.0342.